The second kappa shape index (κ2) is 8.64. The third kappa shape index (κ3) is 4.11. The average Bonchev–Trinajstić information content (AvgIpc) is 3.35. The minimum atomic E-state index is 0.174. The van der Waals surface area contributed by atoms with Crippen LogP contribution < -0.4 is 4.74 Å². The summed E-state index contributed by atoms with van der Waals surface area (Å²) in [4.78, 5) is 24.2. The van der Waals surface area contributed by atoms with Gasteiger partial charge in [0, 0.05) is 31.7 Å². The number of amides is 1. The van der Waals surface area contributed by atoms with Crippen LogP contribution in [0.2, 0.25) is 0 Å². The molecule has 0 bridgehead atoms. The van der Waals surface area contributed by atoms with Crippen LogP contribution in [0.3, 0.4) is 0 Å². The van der Waals surface area contributed by atoms with E-state index in [1.807, 2.05) is 54.4 Å². The molecule has 0 radical (unpaired) electrons. The Kier molecular flexibility index (Phi) is 5.79. The van der Waals surface area contributed by atoms with E-state index in [0.717, 1.165) is 60.8 Å². The Morgan fingerprint density at radius 3 is 2.79 bits per heavy atom. The highest BCUT2D eigenvalue weighted by Crippen LogP contribution is 2.29. The zero-order valence-corrected chi connectivity index (χ0v) is 17.2. The molecule has 1 aliphatic heterocycles. The highest BCUT2D eigenvalue weighted by Gasteiger charge is 2.31. The van der Waals surface area contributed by atoms with Crippen LogP contribution in [0.4, 0.5) is 0 Å². The third-order valence-corrected chi connectivity index (χ3v) is 5.48. The van der Waals surface area contributed by atoms with Crippen molar-refractivity contribution >= 4 is 17.1 Å². The van der Waals surface area contributed by atoms with Gasteiger partial charge in [0.05, 0.1) is 13.0 Å². The predicted molar refractivity (Wildman–Crippen MR) is 113 cm³/mol. The van der Waals surface area contributed by atoms with Gasteiger partial charge in [0.15, 0.2) is 5.65 Å². The van der Waals surface area contributed by atoms with Gasteiger partial charge in [0.25, 0.3) is 0 Å². The second-order valence-electron chi connectivity index (χ2n) is 7.55. The van der Waals surface area contributed by atoms with Crippen molar-refractivity contribution < 1.29 is 9.53 Å². The molecule has 0 spiro atoms. The first-order valence-corrected chi connectivity index (χ1v) is 10.5. The van der Waals surface area contributed by atoms with Gasteiger partial charge in [0.1, 0.15) is 17.1 Å². The SMILES string of the molecule is CCCn1c([C@H]2CCN(C(=O)Cc3ccc(OCC)cc3)C2)nc2cccnc21. The number of hydrogen-bond donors (Lipinski definition) is 0. The van der Waals surface area contributed by atoms with Crippen LogP contribution in [0.1, 0.15) is 44.0 Å². The molecule has 1 saturated heterocycles. The maximum atomic E-state index is 12.8. The molecule has 0 N–H and O–H groups in total. The number of aromatic nitrogens is 3. The van der Waals surface area contributed by atoms with Gasteiger partial charge in [-0.05, 0) is 49.6 Å². The van der Waals surface area contributed by atoms with Gasteiger partial charge < -0.3 is 14.2 Å². The molecule has 3 heterocycles. The molecule has 6 heteroatoms. The minimum Gasteiger partial charge on any atom is -0.494 e. The van der Waals surface area contributed by atoms with E-state index in [4.69, 9.17) is 9.72 Å². The Balaban J connectivity index is 1.45. The summed E-state index contributed by atoms with van der Waals surface area (Å²) in [5.41, 5.74) is 2.91. The van der Waals surface area contributed by atoms with E-state index in [1.54, 1.807) is 0 Å². The summed E-state index contributed by atoms with van der Waals surface area (Å²) >= 11 is 0. The molecule has 1 fully saturated rings. The number of ether oxygens (including phenoxy) is 1. The molecule has 0 aliphatic carbocycles. The normalized spacial score (nSPS) is 16.5. The maximum absolute atomic E-state index is 12.8. The van der Waals surface area contributed by atoms with E-state index >= 15 is 0 Å². The molecule has 29 heavy (non-hydrogen) atoms. The van der Waals surface area contributed by atoms with E-state index in [9.17, 15) is 4.79 Å². The fourth-order valence-corrected chi connectivity index (χ4v) is 4.09. The summed E-state index contributed by atoms with van der Waals surface area (Å²) in [6.45, 7) is 7.18. The van der Waals surface area contributed by atoms with Crippen molar-refractivity contribution in [1.82, 2.24) is 19.4 Å². The van der Waals surface area contributed by atoms with Gasteiger partial charge in [-0.3, -0.25) is 4.79 Å². The zero-order chi connectivity index (χ0) is 20.2. The predicted octanol–water partition coefficient (Wildman–Crippen LogP) is 3.80. The Morgan fingerprint density at radius 1 is 1.21 bits per heavy atom. The van der Waals surface area contributed by atoms with Crippen LogP contribution in [-0.4, -0.2) is 45.0 Å². The van der Waals surface area contributed by atoms with Crippen molar-refractivity contribution in [3.8, 4) is 5.75 Å². The number of likely N-dealkylation sites (tertiary alicyclic amines) is 1. The minimum absolute atomic E-state index is 0.174. The van der Waals surface area contributed by atoms with Gasteiger partial charge in [0.2, 0.25) is 5.91 Å². The molecule has 0 saturated carbocycles. The number of aryl methyl sites for hydroxylation is 1. The number of carbonyl (C=O) groups is 1. The third-order valence-electron chi connectivity index (χ3n) is 5.48. The Labute approximate surface area is 171 Å². The molecule has 6 nitrogen and oxygen atoms in total. The quantitative estimate of drug-likeness (QED) is 0.614. The zero-order valence-electron chi connectivity index (χ0n) is 17.2. The van der Waals surface area contributed by atoms with Gasteiger partial charge >= 0.3 is 0 Å². The maximum Gasteiger partial charge on any atom is 0.227 e. The molecular formula is C23H28N4O2. The number of carbonyl (C=O) groups excluding carboxylic acids is 1. The van der Waals surface area contributed by atoms with Crippen LogP contribution in [-0.2, 0) is 17.8 Å². The van der Waals surface area contributed by atoms with Gasteiger partial charge in [-0.15, -0.1) is 0 Å². The molecule has 4 rings (SSSR count). The Morgan fingerprint density at radius 2 is 2.03 bits per heavy atom. The number of nitrogens with zero attached hydrogens (tertiary/aromatic N) is 4. The number of pyridine rings is 1. The molecule has 152 valence electrons. The lowest BCUT2D eigenvalue weighted by molar-refractivity contribution is -0.129. The lowest BCUT2D eigenvalue weighted by atomic mass is 10.1. The number of hydrogen-bond acceptors (Lipinski definition) is 4. The summed E-state index contributed by atoms with van der Waals surface area (Å²) in [5, 5.41) is 0. The first-order chi connectivity index (χ1) is 14.2. The molecular weight excluding hydrogens is 364 g/mol. The van der Waals surface area contributed by atoms with Crippen molar-refractivity contribution in [1.29, 1.82) is 0 Å². The summed E-state index contributed by atoms with van der Waals surface area (Å²) in [6, 6.07) is 11.8. The second-order valence-corrected chi connectivity index (χ2v) is 7.55. The molecule has 0 unspecified atom stereocenters. The standard InChI is InChI=1S/C23H28N4O2/c1-3-13-27-22(25-20-6-5-12-24-23(20)27)18-11-14-26(16-18)21(28)15-17-7-9-19(10-8-17)29-4-2/h5-10,12,18H,3-4,11,13-16H2,1-2H3/t18-/m0/s1. The van der Waals surface area contributed by atoms with Gasteiger partial charge in [-0.25, -0.2) is 9.97 Å². The van der Waals surface area contributed by atoms with Crippen molar-refractivity contribution in [2.75, 3.05) is 19.7 Å². The monoisotopic (exact) mass is 392 g/mol. The lowest BCUT2D eigenvalue weighted by Gasteiger charge is -2.17. The van der Waals surface area contributed by atoms with E-state index in [-0.39, 0.29) is 11.8 Å². The molecule has 3 aromatic rings. The summed E-state index contributed by atoms with van der Waals surface area (Å²) in [5.74, 6) is 2.35. The molecule has 1 amide bonds. The summed E-state index contributed by atoms with van der Waals surface area (Å²) in [6.07, 6.45) is 4.22. The van der Waals surface area contributed by atoms with Crippen LogP contribution in [0.5, 0.6) is 5.75 Å². The fraction of sp³-hybridized carbons (Fsp3) is 0.435. The largest absolute Gasteiger partial charge is 0.494 e. The Bertz CT molecular complexity index is 980. The van der Waals surface area contributed by atoms with E-state index in [0.29, 0.717) is 13.0 Å². The Hall–Kier alpha value is -2.89. The average molecular weight is 393 g/mol. The van der Waals surface area contributed by atoms with Crippen LogP contribution in [0.25, 0.3) is 11.2 Å². The van der Waals surface area contributed by atoms with Gasteiger partial charge in [-0.2, -0.15) is 0 Å². The highest BCUT2D eigenvalue weighted by molar-refractivity contribution is 5.79. The first-order valence-electron chi connectivity index (χ1n) is 10.5. The highest BCUT2D eigenvalue weighted by atomic mass is 16.5. The van der Waals surface area contributed by atoms with Crippen LogP contribution in [0.15, 0.2) is 42.6 Å². The van der Waals surface area contributed by atoms with Crippen molar-refractivity contribution in [3.63, 3.8) is 0 Å². The van der Waals surface area contributed by atoms with Crippen LogP contribution in [0, 0.1) is 0 Å². The van der Waals surface area contributed by atoms with E-state index in [1.165, 1.54) is 0 Å². The van der Waals surface area contributed by atoms with Crippen molar-refractivity contribution in [2.45, 2.75) is 45.6 Å². The molecule has 1 aliphatic rings. The summed E-state index contributed by atoms with van der Waals surface area (Å²) in [7, 11) is 0. The topological polar surface area (TPSA) is 60.2 Å². The lowest BCUT2D eigenvalue weighted by Crippen LogP contribution is -2.30. The van der Waals surface area contributed by atoms with E-state index < -0.39 is 0 Å². The first kappa shape index (κ1) is 19.4. The molecule has 1 atom stereocenters. The number of rotatable bonds is 7. The summed E-state index contributed by atoms with van der Waals surface area (Å²) < 4.78 is 7.71. The smallest absolute Gasteiger partial charge is 0.227 e. The van der Waals surface area contributed by atoms with Crippen molar-refractivity contribution in [3.05, 3.63) is 54.0 Å². The molecule has 2 aromatic heterocycles. The number of fused-ring (bicyclic) bond motifs is 1. The number of benzene rings is 1. The number of imidazole rings is 1. The van der Waals surface area contributed by atoms with E-state index in [2.05, 4.69) is 16.5 Å². The van der Waals surface area contributed by atoms with Crippen molar-refractivity contribution in [2.24, 2.45) is 0 Å². The fourth-order valence-electron chi connectivity index (χ4n) is 4.09. The van der Waals surface area contributed by atoms with Crippen LogP contribution >= 0.6 is 0 Å². The molecule has 1 aromatic carbocycles. The van der Waals surface area contributed by atoms with Gasteiger partial charge in [-0.1, -0.05) is 19.1 Å².